The molecule has 1 aromatic carbocycles. The third kappa shape index (κ3) is 4.25. The van der Waals surface area contributed by atoms with Crippen molar-refractivity contribution in [3.8, 4) is 0 Å². The first-order valence-electron chi connectivity index (χ1n) is 7.38. The van der Waals surface area contributed by atoms with E-state index in [2.05, 4.69) is 62.9 Å². The molecular formula is C17H27NS. The SMILES string of the molecule is CC(C)(C)C1CCC(N)C(SCc2ccccc2)C1. The first kappa shape index (κ1) is 14.9. The van der Waals surface area contributed by atoms with Gasteiger partial charge in [-0.3, -0.25) is 0 Å². The van der Waals surface area contributed by atoms with Gasteiger partial charge in [-0.1, -0.05) is 51.1 Å². The van der Waals surface area contributed by atoms with E-state index in [9.17, 15) is 0 Å². The Balaban J connectivity index is 1.91. The molecule has 2 N–H and O–H groups in total. The van der Waals surface area contributed by atoms with Crippen molar-refractivity contribution in [1.82, 2.24) is 0 Å². The van der Waals surface area contributed by atoms with Gasteiger partial charge in [-0.25, -0.2) is 0 Å². The predicted octanol–water partition coefficient (Wildman–Crippen LogP) is 4.46. The standard InChI is InChI=1S/C17H27NS/c1-17(2,3)14-9-10-15(18)16(11-14)19-12-13-7-5-4-6-8-13/h4-8,14-16H,9-12,18H2,1-3H3. The smallest absolute Gasteiger partial charge is 0.0205 e. The van der Waals surface area contributed by atoms with Crippen LogP contribution in [0.15, 0.2) is 30.3 Å². The minimum absolute atomic E-state index is 0.382. The van der Waals surface area contributed by atoms with Gasteiger partial charge in [0.25, 0.3) is 0 Å². The maximum atomic E-state index is 6.33. The van der Waals surface area contributed by atoms with Crippen LogP contribution in [0.5, 0.6) is 0 Å². The Morgan fingerprint density at radius 2 is 1.84 bits per heavy atom. The number of rotatable bonds is 3. The van der Waals surface area contributed by atoms with Gasteiger partial charge in [0.15, 0.2) is 0 Å². The topological polar surface area (TPSA) is 26.0 Å². The van der Waals surface area contributed by atoms with Gasteiger partial charge in [-0.15, -0.1) is 0 Å². The quantitative estimate of drug-likeness (QED) is 0.882. The Morgan fingerprint density at radius 3 is 2.47 bits per heavy atom. The molecule has 0 amide bonds. The molecule has 1 aliphatic rings. The molecule has 1 saturated carbocycles. The highest BCUT2D eigenvalue weighted by molar-refractivity contribution is 7.99. The molecule has 0 spiro atoms. The summed E-state index contributed by atoms with van der Waals surface area (Å²) in [5.41, 5.74) is 8.16. The number of hydrogen-bond donors (Lipinski definition) is 1. The minimum Gasteiger partial charge on any atom is -0.327 e. The molecule has 0 aromatic heterocycles. The van der Waals surface area contributed by atoms with Gasteiger partial charge in [0.2, 0.25) is 0 Å². The van der Waals surface area contributed by atoms with Crippen molar-refractivity contribution in [2.45, 2.75) is 57.1 Å². The first-order valence-corrected chi connectivity index (χ1v) is 8.43. The lowest BCUT2D eigenvalue weighted by molar-refractivity contribution is 0.174. The largest absolute Gasteiger partial charge is 0.327 e. The van der Waals surface area contributed by atoms with Crippen LogP contribution in [-0.4, -0.2) is 11.3 Å². The molecule has 2 rings (SSSR count). The average molecular weight is 277 g/mol. The second kappa shape index (κ2) is 6.32. The fourth-order valence-corrected chi connectivity index (χ4v) is 4.26. The van der Waals surface area contributed by atoms with Gasteiger partial charge < -0.3 is 5.73 Å². The Labute approximate surface area is 122 Å². The summed E-state index contributed by atoms with van der Waals surface area (Å²) in [4.78, 5) is 0. The van der Waals surface area contributed by atoms with Gasteiger partial charge in [-0.05, 0) is 36.2 Å². The molecule has 0 aliphatic heterocycles. The van der Waals surface area contributed by atoms with Crippen molar-refractivity contribution in [3.63, 3.8) is 0 Å². The van der Waals surface area contributed by atoms with Gasteiger partial charge in [-0.2, -0.15) is 11.8 Å². The molecule has 1 fully saturated rings. The normalized spacial score (nSPS) is 28.3. The van der Waals surface area contributed by atoms with Crippen LogP contribution in [0.2, 0.25) is 0 Å². The minimum atomic E-state index is 0.382. The van der Waals surface area contributed by atoms with Gasteiger partial charge in [0.05, 0.1) is 0 Å². The summed E-state index contributed by atoms with van der Waals surface area (Å²) in [6.07, 6.45) is 3.77. The molecule has 0 saturated heterocycles. The second-order valence-electron chi connectivity index (χ2n) is 6.87. The van der Waals surface area contributed by atoms with Crippen LogP contribution >= 0.6 is 11.8 Å². The summed E-state index contributed by atoms with van der Waals surface area (Å²) in [6.45, 7) is 7.11. The highest BCUT2D eigenvalue weighted by Gasteiger charge is 2.34. The first-order chi connectivity index (χ1) is 8.97. The Bertz CT molecular complexity index is 382. The summed E-state index contributed by atoms with van der Waals surface area (Å²) < 4.78 is 0. The van der Waals surface area contributed by atoms with Crippen LogP contribution in [-0.2, 0) is 5.75 Å². The zero-order valence-corrected chi connectivity index (χ0v) is 13.2. The summed E-state index contributed by atoms with van der Waals surface area (Å²) in [7, 11) is 0. The van der Waals surface area contributed by atoms with Crippen LogP contribution in [0, 0.1) is 11.3 Å². The van der Waals surface area contributed by atoms with E-state index in [1.807, 2.05) is 0 Å². The third-order valence-electron chi connectivity index (χ3n) is 4.37. The Hall–Kier alpha value is -0.470. The molecule has 19 heavy (non-hydrogen) atoms. The maximum Gasteiger partial charge on any atom is 0.0205 e. The highest BCUT2D eigenvalue weighted by atomic mass is 32.2. The molecule has 3 unspecified atom stereocenters. The fourth-order valence-electron chi connectivity index (χ4n) is 2.91. The molecule has 1 nitrogen and oxygen atoms in total. The zero-order chi connectivity index (χ0) is 13.9. The van der Waals surface area contributed by atoms with Gasteiger partial charge >= 0.3 is 0 Å². The highest BCUT2D eigenvalue weighted by Crippen LogP contribution is 2.41. The molecule has 3 atom stereocenters. The van der Waals surface area contributed by atoms with Crippen LogP contribution < -0.4 is 5.73 Å². The van der Waals surface area contributed by atoms with E-state index in [0.717, 1.165) is 11.7 Å². The molecule has 0 radical (unpaired) electrons. The predicted molar refractivity (Wildman–Crippen MR) is 86.3 cm³/mol. The molecule has 0 heterocycles. The van der Waals surface area contributed by atoms with Crippen molar-refractivity contribution in [2.75, 3.05) is 0 Å². The maximum absolute atomic E-state index is 6.33. The fraction of sp³-hybridized carbons (Fsp3) is 0.647. The number of hydrogen-bond acceptors (Lipinski definition) is 2. The summed E-state index contributed by atoms with van der Waals surface area (Å²) in [5, 5.41) is 0.623. The van der Waals surface area contributed by atoms with E-state index in [1.165, 1.54) is 24.8 Å². The van der Waals surface area contributed by atoms with Crippen molar-refractivity contribution in [2.24, 2.45) is 17.1 Å². The lowest BCUT2D eigenvalue weighted by Gasteiger charge is -2.40. The van der Waals surface area contributed by atoms with Crippen LogP contribution in [0.1, 0.15) is 45.6 Å². The Morgan fingerprint density at radius 1 is 1.16 bits per heavy atom. The van der Waals surface area contributed by atoms with Crippen molar-refractivity contribution in [3.05, 3.63) is 35.9 Å². The Kier molecular flexibility index (Phi) is 4.97. The monoisotopic (exact) mass is 277 g/mol. The van der Waals surface area contributed by atoms with E-state index in [1.54, 1.807) is 0 Å². The van der Waals surface area contributed by atoms with E-state index in [4.69, 9.17) is 5.73 Å². The van der Waals surface area contributed by atoms with Crippen molar-refractivity contribution in [1.29, 1.82) is 0 Å². The lowest BCUT2D eigenvalue weighted by Crippen LogP contribution is -2.41. The van der Waals surface area contributed by atoms with E-state index >= 15 is 0 Å². The molecular weight excluding hydrogens is 250 g/mol. The second-order valence-corrected chi connectivity index (χ2v) is 8.10. The molecule has 2 heteroatoms. The van der Waals surface area contributed by atoms with E-state index < -0.39 is 0 Å². The zero-order valence-electron chi connectivity index (χ0n) is 12.4. The van der Waals surface area contributed by atoms with Crippen LogP contribution in [0.4, 0.5) is 0 Å². The summed E-state index contributed by atoms with van der Waals surface area (Å²) in [5.74, 6) is 1.91. The number of nitrogens with two attached hydrogens (primary N) is 1. The van der Waals surface area contributed by atoms with Crippen LogP contribution in [0.25, 0.3) is 0 Å². The average Bonchev–Trinajstić information content (AvgIpc) is 2.37. The summed E-state index contributed by atoms with van der Waals surface area (Å²) in [6, 6.07) is 11.1. The van der Waals surface area contributed by atoms with E-state index in [0.29, 0.717) is 16.7 Å². The lowest BCUT2D eigenvalue weighted by atomic mass is 9.71. The van der Waals surface area contributed by atoms with Crippen molar-refractivity contribution >= 4 is 11.8 Å². The molecule has 106 valence electrons. The third-order valence-corrected chi connectivity index (χ3v) is 5.84. The molecule has 1 aliphatic carbocycles. The van der Waals surface area contributed by atoms with Gasteiger partial charge in [0.1, 0.15) is 0 Å². The number of thioether (sulfide) groups is 1. The number of benzene rings is 1. The summed E-state index contributed by atoms with van der Waals surface area (Å²) >= 11 is 2.05. The van der Waals surface area contributed by atoms with Crippen LogP contribution in [0.3, 0.4) is 0 Å². The molecule has 0 bridgehead atoms. The van der Waals surface area contributed by atoms with Crippen molar-refractivity contribution < 1.29 is 0 Å². The van der Waals surface area contributed by atoms with Gasteiger partial charge in [0, 0.05) is 17.0 Å². The molecule has 1 aromatic rings. The van der Waals surface area contributed by atoms with E-state index in [-0.39, 0.29) is 0 Å².